The molecule has 4 heteroatoms. The van der Waals surface area contributed by atoms with Crippen LogP contribution >= 0.6 is 0 Å². The minimum Gasteiger partial charge on any atom is -0.464 e. The molecule has 0 saturated heterocycles. The number of nitrogens with two attached hydrogens (primary N) is 1. The Morgan fingerprint density at radius 1 is 1.05 bits per heavy atom. The van der Waals surface area contributed by atoms with Gasteiger partial charge in [-0.3, -0.25) is 9.59 Å². The average molecular weight is 297 g/mol. The molecule has 2 aromatic carbocycles. The molecule has 0 fully saturated rings. The molecule has 2 rings (SSSR count). The predicted octanol–water partition coefficient (Wildman–Crippen LogP) is 2.52. The van der Waals surface area contributed by atoms with Crippen LogP contribution in [0.4, 0.5) is 0 Å². The third-order valence-corrected chi connectivity index (χ3v) is 3.40. The van der Waals surface area contributed by atoms with Crippen LogP contribution in [0.15, 0.2) is 54.6 Å². The highest BCUT2D eigenvalue weighted by molar-refractivity contribution is 6.09. The van der Waals surface area contributed by atoms with Gasteiger partial charge in [0.2, 0.25) is 0 Å². The van der Waals surface area contributed by atoms with E-state index in [0.717, 1.165) is 5.56 Å². The number of carbonyl (C=O) groups excluding carboxylic acids is 2. The normalized spacial score (nSPS) is 11.7. The minimum absolute atomic E-state index is 0.0648. The maximum atomic E-state index is 12.4. The van der Waals surface area contributed by atoms with Gasteiger partial charge in [-0.25, -0.2) is 0 Å². The molecule has 4 nitrogen and oxygen atoms in total. The number of esters is 1. The molecule has 0 aliphatic carbocycles. The van der Waals surface area contributed by atoms with Gasteiger partial charge in [-0.2, -0.15) is 0 Å². The average Bonchev–Trinajstić information content (AvgIpc) is 2.59. The summed E-state index contributed by atoms with van der Waals surface area (Å²) in [5, 5.41) is 0. The molecule has 0 bridgehead atoms. The Hall–Kier alpha value is -2.46. The molecular formula is C18H19NO3. The summed E-state index contributed by atoms with van der Waals surface area (Å²) in [6.45, 7) is 2.25. The Morgan fingerprint density at radius 3 is 2.41 bits per heavy atom. The number of ether oxygens (including phenoxy) is 1. The minimum atomic E-state index is -0.435. The van der Waals surface area contributed by atoms with E-state index in [1.54, 1.807) is 37.3 Å². The van der Waals surface area contributed by atoms with Crippen LogP contribution in [0.3, 0.4) is 0 Å². The van der Waals surface area contributed by atoms with E-state index in [0.29, 0.717) is 17.7 Å². The number of carbonyl (C=O) groups is 2. The summed E-state index contributed by atoms with van der Waals surface area (Å²) < 4.78 is 5.04. The molecule has 0 spiro atoms. The van der Waals surface area contributed by atoms with Crippen LogP contribution < -0.4 is 5.73 Å². The number of hydrogen-bond acceptors (Lipinski definition) is 4. The summed E-state index contributed by atoms with van der Waals surface area (Å²) in [7, 11) is 0. The third kappa shape index (κ3) is 3.80. The van der Waals surface area contributed by atoms with Crippen molar-refractivity contribution in [2.45, 2.75) is 12.8 Å². The first-order valence-corrected chi connectivity index (χ1v) is 7.20. The maximum Gasteiger partial charge on any atom is 0.313 e. The molecule has 0 saturated carbocycles. The second kappa shape index (κ2) is 7.52. The fraction of sp³-hybridized carbons (Fsp3) is 0.222. The first kappa shape index (κ1) is 15.9. The van der Waals surface area contributed by atoms with Gasteiger partial charge in [0, 0.05) is 17.7 Å². The standard InChI is InChI=1S/C18H19NO3/c1-13(18(21)22-11-10-19)15-8-5-9-16(12-15)17(20)14-6-3-2-4-7-14/h2-9,12-13H,10-11,19H2,1H3. The van der Waals surface area contributed by atoms with Crippen molar-refractivity contribution in [2.75, 3.05) is 13.2 Å². The van der Waals surface area contributed by atoms with Crippen molar-refractivity contribution >= 4 is 11.8 Å². The first-order valence-electron chi connectivity index (χ1n) is 7.20. The Bertz CT molecular complexity index is 652. The SMILES string of the molecule is CC(C(=O)OCCN)c1cccc(C(=O)c2ccccc2)c1. The number of rotatable bonds is 6. The molecule has 22 heavy (non-hydrogen) atoms. The number of ketones is 1. The lowest BCUT2D eigenvalue weighted by molar-refractivity contribution is -0.144. The molecule has 0 heterocycles. The lowest BCUT2D eigenvalue weighted by Gasteiger charge is -2.12. The number of benzene rings is 2. The lowest BCUT2D eigenvalue weighted by Crippen LogP contribution is -2.18. The zero-order valence-corrected chi connectivity index (χ0v) is 12.5. The van der Waals surface area contributed by atoms with Crippen LogP contribution in [0.2, 0.25) is 0 Å². The monoisotopic (exact) mass is 297 g/mol. The van der Waals surface area contributed by atoms with E-state index in [1.807, 2.05) is 24.3 Å². The summed E-state index contributed by atoms with van der Waals surface area (Å²) in [5.74, 6) is -0.838. The molecule has 0 amide bonds. The molecule has 1 atom stereocenters. The smallest absolute Gasteiger partial charge is 0.313 e. The molecule has 2 N–H and O–H groups in total. The molecule has 2 aromatic rings. The highest BCUT2D eigenvalue weighted by atomic mass is 16.5. The Morgan fingerprint density at radius 2 is 1.73 bits per heavy atom. The van der Waals surface area contributed by atoms with Crippen LogP contribution in [0.25, 0.3) is 0 Å². The molecule has 1 unspecified atom stereocenters. The van der Waals surface area contributed by atoms with Crippen LogP contribution in [0.1, 0.15) is 34.3 Å². The first-order chi connectivity index (χ1) is 10.6. The summed E-state index contributed by atoms with van der Waals surface area (Å²) in [5.41, 5.74) is 7.26. The predicted molar refractivity (Wildman–Crippen MR) is 84.7 cm³/mol. The van der Waals surface area contributed by atoms with Gasteiger partial charge in [0.25, 0.3) is 0 Å². The summed E-state index contributed by atoms with van der Waals surface area (Å²) >= 11 is 0. The maximum absolute atomic E-state index is 12.4. The summed E-state index contributed by atoms with van der Waals surface area (Å²) in [4.78, 5) is 24.3. The fourth-order valence-electron chi connectivity index (χ4n) is 2.13. The Kier molecular flexibility index (Phi) is 5.44. The lowest BCUT2D eigenvalue weighted by atomic mass is 9.96. The van der Waals surface area contributed by atoms with Gasteiger partial charge in [0.05, 0.1) is 5.92 Å². The van der Waals surface area contributed by atoms with Gasteiger partial charge < -0.3 is 10.5 Å². The van der Waals surface area contributed by atoms with E-state index < -0.39 is 5.92 Å². The quantitative estimate of drug-likeness (QED) is 0.657. The topological polar surface area (TPSA) is 69.4 Å². The zero-order valence-electron chi connectivity index (χ0n) is 12.5. The van der Waals surface area contributed by atoms with Crippen LogP contribution in [0, 0.1) is 0 Å². The van der Waals surface area contributed by atoms with E-state index >= 15 is 0 Å². The van der Waals surface area contributed by atoms with Crippen molar-refractivity contribution in [2.24, 2.45) is 5.73 Å². The molecular weight excluding hydrogens is 278 g/mol. The molecule has 0 radical (unpaired) electrons. The van der Waals surface area contributed by atoms with Crippen LogP contribution in [-0.2, 0) is 9.53 Å². The molecule has 114 valence electrons. The van der Waals surface area contributed by atoms with Crippen molar-refractivity contribution in [1.29, 1.82) is 0 Å². The van der Waals surface area contributed by atoms with E-state index in [4.69, 9.17) is 10.5 Å². The Balaban J connectivity index is 2.20. The third-order valence-electron chi connectivity index (χ3n) is 3.40. The zero-order chi connectivity index (χ0) is 15.9. The highest BCUT2D eigenvalue weighted by Crippen LogP contribution is 2.20. The van der Waals surface area contributed by atoms with Crippen molar-refractivity contribution in [3.8, 4) is 0 Å². The van der Waals surface area contributed by atoms with Gasteiger partial charge in [-0.1, -0.05) is 48.5 Å². The highest BCUT2D eigenvalue weighted by Gasteiger charge is 2.18. The molecule has 0 aliphatic heterocycles. The van der Waals surface area contributed by atoms with Gasteiger partial charge in [0.1, 0.15) is 6.61 Å². The van der Waals surface area contributed by atoms with E-state index in [9.17, 15) is 9.59 Å². The van der Waals surface area contributed by atoms with E-state index in [-0.39, 0.29) is 18.4 Å². The Labute approximate surface area is 129 Å². The number of hydrogen-bond donors (Lipinski definition) is 1. The van der Waals surface area contributed by atoms with Crippen molar-refractivity contribution < 1.29 is 14.3 Å². The molecule has 0 aromatic heterocycles. The van der Waals surface area contributed by atoms with Gasteiger partial charge in [-0.05, 0) is 18.6 Å². The van der Waals surface area contributed by atoms with Gasteiger partial charge in [0.15, 0.2) is 5.78 Å². The molecule has 0 aliphatic rings. The van der Waals surface area contributed by atoms with Crippen molar-refractivity contribution in [3.05, 3.63) is 71.3 Å². The van der Waals surface area contributed by atoms with Crippen molar-refractivity contribution in [1.82, 2.24) is 0 Å². The van der Waals surface area contributed by atoms with Gasteiger partial charge >= 0.3 is 5.97 Å². The second-order valence-electron chi connectivity index (χ2n) is 5.00. The van der Waals surface area contributed by atoms with Crippen LogP contribution in [0.5, 0.6) is 0 Å². The fourth-order valence-corrected chi connectivity index (χ4v) is 2.13. The van der Waals surface area contributed by atoms with E-state index in [1.165, 1.54) is 0 Å². The largest absolute Gasteiger partial charge is 0.464 e. The summed E-state index contributed by atoms with van der Waals surface area (Å²) in [6.07, 6.45) is 0. The van der Waals surface area contributed by atoms with E-state index in [2.05, 4.69) is 0 Å². The summed E-state index contributed by atoms with van der Waals surface area (Å²) in [6, 6.07) is 16.1. The van der Waals surface area contributed by atoms with Crippen molar-refractivity contribution in [3.63, 3.8) is 0 Å². The van der Waals surface area contributed by atoms with Gasteiger partial charge in [-0.15, -0.1) is 0 Å². The second-order valence-corrected chi connectivity index (χ2v) is 5.00. The van der Waals surface area contributed by atoms with Crippen LogP contribution in [-0.4, -0.2) is 24.9 Å².